The molecule has 0 unspecified atom stereocenters. The third kappa shape index (κ3) is 4.49. The Kier molecular flexibility index (Phi) is 6.21. The van der Waals surface area contributed by atoms with Crippen molar-refractivity contribution in [1.82, 2.24) is 4.90 Å². The highest BCUT2D eigenvalue weighted by Gasteiger charge is 2.08. The highest BCUT2D eigenvalue weighted by Crippen LogP contribution is 2.28. The minimum absolute atomic E-state index is 0.319. The molecule has 128 valence electrons. The highest BCUT2D eigenvalue weighted by atomic mass is 16.5. The van der Waals surface area contributed by atoms with Gasteiger partial charge in [0.1, 0.15) is 0 Å². The lowest BCUT2D eigenvalue weighted by molar-refractivity contribution is 0.0600. The van der Waals surface area contributed by atoms with Crippen molar-refractivity contribution >= 4 is 5.97 Å². The summed E-state index contributed by atoms with van der Waals surface area (Å²) in [6.07, 6.45) is 0. The molecule has 2 aromatic rings. The molecule has 5 heteroatoms. The van der Waals surface area contributed by atoms with E-state index in [-0.39, 0.29) is 5.97 Å². The van der Waals surface area contributed by atoms with E-state index in [0.29, 0.717) is 5.56 Å². The zero-order valence-electron chi connectivity index (χ0n) is 14.5. The van der Waals surface area contributed by atoms with Crippen LogP contribution in [0.5, 0.6) is 11.5 Å². The summed E-state index contributed by atoms with van der Waals surface area (Å²) in [4.78, 5) is 13.6. The van der Waals surface area contributed by atoms with E-state index in [0.717, 1.165) is 35.7 Å². The summed E-state index contributed by atoms with van der Waals surface area (Å²) in [5, 5.41) is 0. The maximum absolute atomic E-state index is 11.4. The predicted molar refractivity (Wildman–Crippen MR) is 92.5 cm³/mol. The lowest BCUT2D eigenvalue weighted by Crippen LogP contribution is -2.17. The molecule has 5 nitrogen and oxygen atoms in total. The largest absolute Gasteiger partial charge is 0.493 e. The average molecular weight is 329 g/mol. The average Bonchev–Trinajstić information content (AvgIpc) is 2.61. The monoisotopic (exact) mass is 329 g/mol. The quantitative estimate of drug-likeness (QED) is 0.731. The van der Waals surface area contributed by atoms with E-state index in [9.17, 15) is 4.79 Å². The van der Waals surface area contributed by atoms with Gasteiger partial charge in [0.2, 0.25) is 0 Å². The van der Waals surface area contributed by atoms with Crippen LogP contribution < -0.4 is 9.47 Å². The van der Waals surface area contributed by atoms with E-state index in [1.807, 2.05) is 37.4 Å². The molecule has 0 spiro atoms. The van der Waals surface area contributed by atoms with Gasteiger partial charge in [-0.3, -0.25) is 4.90 Å². The van der Waals surface area contributed by atoms with Gasteiger partial charge in [-0.05, 0) is 42.4 Å². The fourth-order valence-electron chi connectivity index (χ4n) is 2.52. The van der Waals surface area contributed by atoms with Crippen molar-refractivity contribution in [3.05, 3.63) is 59.2 Å². The molecule has 2 rings (SSSR count). The van der Waals surface area contributed by atoms with Crippen molar-refractivity contribution in [3.63, 3.8) is 0 Å². The summed E-state index contributed by atoms with van der Waals surface area (Å²) < 4.78 is 15.3. The molecule has 0 atom stereocenters. The van der Waals surface area contributed by atoms with Gasteiger partial charge in [0, 0.05) is 13.1 Å². The molecule has 0 fully saturated rings. The second kappa shape index (κ2) is 8.36. The normalized spacial score (nSPS) is 10.5. The molecule has 2 aromatic carbocycles. The van der Waals surface area contributed by atoms with Gasteiger partial charge in [-0.2, -0.15) is 0 Å². The number of benzene rings is 2. The molecule has 0 aliphatic rings. The van der Waals surface area contributed by atoms with Crippen molar-refractivity contribution in [3.8, 4) is 11.5 Å². The number of rotatable bonds is 7. The van der Waals surface area contributed by atoms with Crippen LogP contribution in [-0.4, -0.2) is 39.2 Å². The molecular formula is C19H23NO4. The minimum Gasteiger partial charge on any atom is -0.493 e. The van der Waals surface area contributed by atoms with Gasteiger partial charge >= 0.3 is 5.97 Å². The van der Waals surface area contributed by atoms with E-state index in [1.165, 1.54) is 7.11 Å². The molecule has 0 saturated carbocycles. The van der Waals surface area contributed by atoms with E-state index in [2.05, 4.69) is 4.90 Å². The molecule has 0 aliphatic heterocycles. The van der Waals surface area contributed by atoms with Gasteiger partial charge in [-0.15, -0.1) is 0 Å². The first-order valence-electron chi connectivity index (χ1n) is 7.64. The van der Waals surface area contributed by atoms with Crippen LogP contribution in [0.1, 0.15) is 21.5 Å². The number of nitrogens with zero attached hydrogens (tertiary/aromatic N) is 1. The summed E-state index contributed by atoms with van der Waals surface area (Å²) in [6, 6.07) is 13.4. The van der Waals surface area contributed by atoms with E-state index >= 15 is 0 Å². The fraction of sp³-hybridized carbons (Fsp3) is 0.316. The smallest absolute Gasteiger partial charge is 0.337 e. The van der Waals surface area contributed by atoms with Crippen molar-refractivity contribution in [2.45, 2.75) is 13.1 Å². The number of hydrogen-bond acceptors (Lipinski definition) is 5. The topological polar surface area (TPSA) is 48.0 Å². The van der Waals surface area contributed by atoms with Gasteiger partial charge in [-0.1, -0.05) is 18.2 Å². The Morgan fingerprint density at radius 2 is 1.46 bits per heavy atom. The summed E-state index contributed by atoms with van der Waals surface area (Å²) in [5.74, 6) is 1.13. The number of ether oxygens (including phenoxy) is 3. The molecule has 0 aliphatic carbocycles. The van der Waals surface area contributed by atoms with Crippen LogP contribution in [0.3, 0.4) is 0 Å². The first-order chi connectivity index (χ1) is 11.6. The third-order valence-electron chi connectivity index (χ3n) is 3.73. The van der Waals surface area contributed by atoms with Gasteiger partial charge in [0.25, 0.3) is 0 Å². The van der Waals surface area contributed by atoms with Gasteiger partial charge < -0.3 is 14.2 Å². The molecule has 0 amide bonds. The summed E-state index contributed by atoms with van der Waals surface area (Å²) in [5.41, 5.74) is 2.83. The number of carbonyl (C=O) groups excluding carboxylic acids is 1. The predicted octanol–water partition coefficient (Wildman–Crippen LogP) is 3.12. The van der Waals surface area contributed by atoms with Crippen LogP contribution in [0, 0.1) is 0 Å². The second-order valence-electron chi connectivity index (χ2n) is 5.55. The third-order valence-corrected chi connectivity index (χ3v) is 3.73. The van der Waals surface area contributed by atoms with Crippen LogP contribution in [0.4, 0.5) is 0 Å². The van der Waals surface area contributed by atoms with Gasteiger partial charge in [0.15, 0.2) is 11.5 Å². The Balaban J connectivity index is 2.00. The molecule has 0 aromatic heterocycles. The zero-order chi connectivity index (χ0) is 17.5. The number of hydrogen-bond donors (Lipinski definition) is 0. The Morgan fingerprint density at radius 1 is 0.875 bits per heavy atom. The van der Waals surface area contributed by atoms with Crippen LogP contribution in [0.2, 0.25) is 0 Å². The lowest BCUT2D eigenvalue weighted by atomic mass is 10.1. The molecule has 0 N–H and O–H groups in total. The van der Waals surface area contributed by atoms with Crippen molar-refractivity contribution in [1.29, 1.82) is 0 Å². The molecule has 0 heterocycles. The summed E-state index contributed by atoms with van der Waals surface area (Å²) in [7, 11) is 6.69. The maximum atomic E-state index is 11.4. The van der Waals surface area contributed by atoms with E-state index in [1.54, 1.807) is 26.4 Å². The SMILES string of the molecule is COC(=O)c1ccc(CN(C)Cc2ccc(OC)c(OC)c2)cc1. The van der Waals surface area contributed by atoms with Crippen molar-refractivity contribution < 1.29 is 19.0 Å². The lowest BCUT2D eigenvalue weighted by Gasteiger charge is -2.18. The highest BCUT2D eigenvalue weighted by molar-refractivity contribution is 5.89. The number of esters is 1. The van der Waals surface area contributed by atoms with Crippen LogP contribution in [-0.2, 0) is 17.8 Å². The molecule has 0 bridgehead atoms. The summed E-state index contributed by atoms with van der Waals surface area (Å²) >= 11 is 0. The first kappa shape index (κ1) is 17.8. The zero-order valence-corrected chi connectivity index (χ0v) is 14.5. The van der Waals surface area contributed by atoms with E-state index in [4.69, 9.17) is 14.2 Å². The minimum atomic E-state index is -0.319. The van der Waals surface area contributed by atoms with Crippen LogP contribution in [0.25, 0.3) is 0 Å². The van der Waals surface area contributed by atoms with Crippen LogP contribution in [0.15, 0.2) is 42.5 Å². The standard InChI is InChI=1S/C19H23NO4/c1-20(12-14-5-8-16(9-6-14)19(21)24-4)13-15-7-10-17(22-2)18(11-15)23-3/h5-11H,12-13H2,1-4H3. The summed E-state index contributed by atoms with van der Waals surface area (Å²) in [6.45, 7) is 1.55. The molecule has 0 saturated heterocycles. The maximum Gasteiger partial charge on any atom is 0.337 e. The Morgan fingerprint density at radius 3 is 2.04 bits per heavy atom. The molecular weight excluding hydrogens is 306 g/mol. The number of carbonyl (C=O) groups is 1. The van der Waals surface area contributed by atoms with Crippen molar-refractivity contribution in [2.75, 3.05) is 28.4 Å². The fourth-order valence-corrected chi connectivity index (χ4v) is 2.52. The Hall–Kier alpha value is -2.53. The van der Waals surface area contributed by atoms with Gasteiger partial charge in [-0.25, -0.2) is 4.79 Å². The first-order valence-corrected chi connectivity index (χ1v) is 7.64. The van der Waals surface area contributed by atoms with Crippen LogP contribution >= 0.6 is 0 Å². The van der Waals surface area contributed by atoms with Crippen molar-refractivity contribution in [2.24, 2.45) is 0 Å². The Bertz CT molecular complexity index is 682. The number of methoxy groups -OCH3 is 3. The van der Waals surface area contributed by atoms with Gasteiger partial charge in [0.05, 0.1) is 26.9 Å². The molecule has 0 radical (unpaired) electrons. The molecule has 24 heavy (non-hydrogen) atoms. The second-order valence-corrected chi connectivity index (χ2v) is 5.55. The Labute approximate surface area is 142 Å². The van der Waals surface area contributed by atoms with E-state index < -0.39 is 0 Å².